The fourth-order valence-electron chi connectivity index (χ4n) is 0.451. The standard InChI is InChI=1S/C8H17N3/c1-3-8(2)11-7-10-6-4-5-9/h8H,3-6,9H2,1-2H3. The summed E-state index contributed by atoms with van der Waals surface area (Å²) in [5.41, 5.74) is 5.28. The molecule has 64 valence electrons. The maximum atomic E-state index is 5.28. The normalized spacial score (nSPS) is 11.9. The second-order valence-electron chi connectivity index (χ2n) is 2.51. The van der Waals surface area contributed by atoms with Gasteiger partial charge in [0.15, 0.2) is 0 Å². The molecule has 11 heavy (non-hydrogen) atoms. The molecule has 0 fully saturated rings. The van der Waals surface area contributed by atoms with E-state index < -0.39 is 0 Å². The molecular weight excluding hydrogens is 138 g/mol. The molecule has 3 heteroatoms. The molecule has 0 amide bonds. The average Bonchev–Trinajstić information content (AvgIpc) is 2.04. The van der Waals surface area contributed by atoms with Gasteiger partial charge in [-0.1, -0.05) is 6.92 Å². The minimum absolute atomic E-state index is 0.344. The molecule has 1 unspecified atom stereocenters. The summed E-state index contributed by atoms with van der Waals surface area (Å²) in [7, 11) is 0. The van der Waals surface area contributed by atoms with E-state index in [2.05, 4.69) is 22.9 Å². The Morgan fingerprint density at radius 2 is 2.27 bits per heavy atom. The fraction of sp³-hybridized carbons (Fsp3) is 0.875. The van der Waals surface area contributed by atoms with Crippen molar-refractivity contribution in [2.45, 2.75) is 32.7 Å². The van der Waals surface area contributed by atoms with Gasteiger partial charge >= 0.3 is 0 Å². The van der Waals surface area contributed by atoms with Crippen molar-refractivity contribution in [1.29, 1.82) is 0 Å². The number of rotatable bonds is 5. The van der Waals surface area contributed by atoms with Gasteiger partial charge in [0.2, 0.25) is 0 Å². The highest BCUT2D eigenvalue weighted by Crippen LogP contribution is 1.91. The first-order valence-electron chi connectivity index (χ1n) is 4.12. The predicted molar refractivity (Wildman–Crippen MR) is 48.2 cm³/mol. The van der Waals surface area contributed by atoms with Crippen molar-refractivity contribution in [3.63, 3.8) is 0 Å². The summed E-state index contributed by atoms with van der Waals surface area (Å²) in [5, 5.41) is 0. The lowest BCUT2D eigenvalue weighted by atomic mass is 10.3. The van der Waals surface area contributed by atoms with E-state index in [9.17, 15) is 0 Å². The number of nitrogens with zero attached hydrogens (tertiary/aromatic N) is 2. The first-order chi connectivity index (χ1) is 5.31. The molecule has 2 N–H and O–H groups in total. The van der Waals surface area contributed by atoms with Crippen molar-refractivity contribution in [1.82, 2.24) is 0 Å². The summed E-state index contributed by atoms with van der Waals surface area (Å²) >= 11 is 0. The minimum Gasteiger partial charge on any atom is -0.330 e. The smallest absolute Gasteiger partial charge is 0.0895 e. The van der Waals surface area contributed by atoms with E-state index in [1.807, 2.05) is 6.92 Å². The van der Waals surface area contributed by atoms with E-state index >= 15 is 0 Å². The molecule has 0 aliphatic heterocycles. The zero-order chi connectivity index (χ0) is 8.53. The van der Waals surface area contributed by atoms with E-state index in [1.54, 1.807) is 0 Å². The summed E-state index contributed by atoms with van der Waals surface area (Å²) in [5.74, 6) is 0. The van der Waals surface area contributed by atoms with Crippen molar-refractivity contribution < 1.29 is 0 Å². The van der Waals surface area contributed by atoms with Gasteiger partial charge in [0, 0.05) is 0 Å². The van der Waals surface area contributed by atoms with Gasteiger partial charge in [-0.05, 0) is 26.3 Å². The van der Waals surface area contributed by atoms with Crippen molar-refractivity contribution in [3.8, 4) is 0 Å². The Bertz CT molecular complexity index is 136. The third-order valence-corrected chi connectivity index (χ3v) is 1.41. The monoisotopic (exact) mass is 155 g/mol. The molecular formula is C8H17N3. The van der Waals surface area contributed by atoms with E-state index in [0.29, 0.717) is 12.6 Å². The molecule has 0 aromatic rings. The van der Waals surface area contributed by atoms with Crippen LogP contribution in [0.2, 0.25) is 0 Å². The van der Waals surface area contributed by atoms with Gasteiger partial charge in [0.1, 0.15) is 0 Å². The topological polar surface area (TPSA) is 50.7 Å². The van der Waals surface area contributed by atoms with Gasteiger partial charge in [-0.3, -0.25) is 0 Å². The van der Waals surface area contributed by atoms with Crippen LogP contribution in [-0.2, 0) is 0 Å². The summed E-state index contributed by atoms with van der Waals surface area (Å²) in [6.07, 6.45) is 1.96. The molecule has 0 aromatic carbocycles. The third-order valence-electron chi connectivity index (χ3n) is 1.41. The number of hydrogen-bond acceptors (Lipinski definition) is 3. The van der Waals surface area contributed by atoms with Gasteiger partial charge in [-0.25, -0.2) is 9.98 Å². The minimum atomic E-state index is 0.344. The Balaban J connectivity index is 3.46. The Labute approximate surface area is 68.4 Å². The molecule has 3 nitrogen and oxygen atoms in total. The van der Waals surface area contributed by atoms with Gasteiger partial charge < -0.3 is 5.73 Å². The Hall–Kier alpha value is -0.660. The summed E-state index contributed by atoms with van der Waals surface area (Å²) in [4.78, 5) is 8.01. The van der Waals surface area contributed by atoms with Crippen molar-refractivity contribution in [2.75, 3.05) is 13.1 Å². The van der Waals surface area contributed by atoms with Crippen LogP contribution in [0.5, 0.6) is 0 Å². The van der Waals surface area contributed by atoms with E-state index in [4.69, 9.17) is 5.73 Å². The lowest BCUT2D eigenvalue weighted by Gasteiger charge is -1.93. The largest absolute Gasteiger partial charge is 0.330 e. The molecule has 0 aliphatic rings. The van der Waals surface area contributed by atoms with Crippen molar-refractivity contribution >= 4 is 6.01 Å². The molecule has 0 saturated heterocycles. The SMILES string of the molecule is CCC(C)N=C=NCCCN. The van der Waals surface area contributed by atoms with Crippen LogP contribution in [0.3, 0.4) is 0 Å². The number of aliphatic imine (C=N–C) groups is 2. The van der Waals surface area contributed by atoms with E-state index in [1.165, 1.54) is 0 Å². The molecule has 0 aliphatic carbocycles. The van der Waals surface area contributed by atoms with Gasteiger partial charge in [0.05, 0.1) is 18.6 Å². The number of hydrogen-bond donors (Lipinski definition) is 1. The van der Waals surface area contributed by atoms with Crippen LogP contribution in [-0.4, -0.2) is 25.1 Å². The van der Waals surface area contributed by atoms with Crippen LogP contribution >= 0.6 is 0 Å². The second kappa shape index (κ2) is 7.45. The number of nitrogens with two attached hydrogens (primary N) is 1. The van der Waals surface area contributed by atoms with Crippen LogP contribution in [0.1, 0.15) is 26.7 Å². The maximum Gasteiger partial charge on any atom is 0.0895 e. The lowest BCUT2D eigenvalue weighted by molar-refractivity contribution is 0.719. The Kier molecular flexibility index (Phi) is 7.00. The van der Waals surface area contributed by atoms with E-state index in [-0.39, 0.29) is 0 Å². The molecule has 1 atom stereocenters. The first-order valence-corrected chi connectivity index (χ1v) is 4.12. The molecule has 0 heterocycles. The fourth-order valence-corrected chi connectivity index (χ4v) is 0.451. The van der Waals surface area contributed by atoms with Crippen molar-refractivity contribution in [2.24, 2.45) is 15.7 Å². The summed E-state index contributed by atoms with van der Waals surface area (Å²) in [6.45, 7) is 5.58. The highest BCUT2D eigenvalue weighted by atomic mass is 14.8. The zero-order valence-electron chi connectivity index (χ0n) is 7.38. The highest BCUT2D eigenvalue weighted by molar-refractivity contribution is 5.41. The molecule has 0 saturated carbocycles. The summed E-state index contributed by atoms with van der Waals surface area (Å²) in [6, 6.07) is 3.01. The van der Waals surface area contributed by atoms with Crippen molar-refractivity contribution in [3.05, 3.63) is 0 Å². The molecule has 0 aromatic heterocycles. The maximum absolute atomic E-state index is 5.28. The van der Waals surface area contributed by atoms with Crippen LogP contribution in [0.15, 0.2) is 9.98 Å². The third kappa shape index (κ3) is 7.23. The van der Waals surface area contributed by atoms with Gasteiger partial charge in [-0.15, -0.1) is 0 Å². The van der Waals surface area contributed by atoms with Crippen LogP contribution in [0, 0.1) is 0 Å². The van der Waals surface area contributed by atoms with E-state index in [0.717, 1.165) is 19.4 Å². The average molecular weight is 155 g/mol. The quantitative estimate of drug-likeness (QED) is 0.472. The predicted octanol–water partition coefficient (Wildman–Crippen LogP) is 1.31. The molecule has 0 bridgehead atoms. The van der Waals surface area contributed by atoms with Crippen LogP contribution < -0.4 is 5.73 Å². The zero-order valence-corrected chi connectivity index (χ0v) is 7.38. The molecule has 0 rings (SSSR count). The second-order valence-corrected chi connectivity index (χ2v) is 2.51. The van der Waals surface area contributed by atoms with Crippen LogP contribution in [0.4, 0.5) is 0 Å². The lowest BCUT2D eigenvalue weighted by Crippen LogP contribution is -1.99. The first kappa shape index (κ1) is 10.3. The van der Waals surface area contributed by atoms with Crippen LogP contribution in [0.25, 0.3) is 0 Å². The Morgan fingerprint density at radius 1 is 1.55 bits per heavy atom. The molecule has 0 spiro atoms. The van der Waals surface area contributed by atoms with Gasteiger partial charge in [0.25, 0.3) is 0 Å². The summed E-state index contributed by atoms with van der Waals surface area (Å²) < 4.78 is 0. The Morgan fingerprint density at radius 3 is 2.82 bits per heavy atom. The molecule has 0 radical (unpaired) electrons. The van der Waals surface area contributed by atoms with Gasteiger partial charge in [-0.2, -0.15) is 0 Å². The highest BCUT2D eigenvalue weighted by Gasteiger charge is 1.88.